The first-order valence-electron chi connectivity index (χ1n) is 6.28. The van der Waals surface area contributed by atoms with E-state index >= 15 is 0 Å². The van der Waals surface area contributed by atoms with Crippen molar-refractivity contribution in [2.75, 3.05) is 12.3 Å². The van der Waals surface area contributed by atoms with Crippen molar-refractivity contribution < 1.29 is 14.3 Å². The van der Waals surface area contributed by atoms with E-state index in [2.05, 4.69) is 4.98 Å². The minimum atomic E-state index is -0.504. The first-order chi connectivity index (χ1) is 9.61. The number of aromatic nitrogens is 1. The van der Waals surface area contributed by atoms with Crippen LogP contribution >= 0.6 is 0 Å². The molecule has 0 fully saturated rings. The molecule has 2 rings (SSSR count). The van der Waals surface area contributed by atoms with Gasteiger partial charge in [0.25, 0.3) is 0 Å². The summed E-state index contributed by atoms with van der Waals surface area (Å²) in [6.45, 7) is 3.92. The molecule has 0 unspecified atom stereocenters. The van der Waals surface area contributed by atoms with Crippen LogP contribution in [0, 0.1) is 6.92 Å². The van der Waals surface area contributed by atoms with Crippen LogP contribution in [0.3, 0.4) is 0 Å². The average Bonchev–Trinajstić information content (AvgIpc) is 2.43. The molecule has 0 aliphatic rings. The van der Waals surface area contributed by atoms with Crippen molar-refractivity contribution in [1.29, 1.82) is 0 Å². The molecule has 2 aromatic rings. The molecule has 0 aliphatic carbocycles. The van der Waals surface area contributed by atoms with Gasteiger partial charge >= 0.3 is 5.97 Å². The second-order valence-corrected chi connectivity index (χ2v) is 4.21. The highest BCUT2D eigenvalue weighted by Gasteiger charge is 2.17. The molecule has 1 aromatic heterocycles. The Morgan fingerprint density at radius 3 is 2.80 bits per heavy atom. The fraction of sp³-hybridized carbons (Fsp3) is 0.200. The van der Waals surface area contributed by atoms with Gasteiger partial charge in [-0.15, -0.1) is 0 Å². The van der Waals surface area contributed by atoms with Gasteiger partial charge in [-0.1, -0.05) is 18.2 Å². The number of anilines is 1. The molecule has 2 N–H and O–H groups in total. The number of benzene rings is 1. The van der Waals surface area contributed by atoms with Crippen LogP contribution in [-0.2, 0) is 4.74 Å². The van der Waals surface area contributed by atoms with Gasteiger partial charge in [0, 0.05) is 0 Å². The fourth-order valence-corrected chi connectivity index (χ4v) is 1.68. The topological polar surface area (TPSA) is 74.4 Å². The number of hydrogen-bond donors (Lipinski definition) is 1. The van der Waals surface area contributed by atoms with E-state index in [-0.39, 0.29) is 18.1 Å². The summed E-state index contributed by atoms with van der Waals surface area (Å²) in [5, 5.41) is 0. The number of aryl methyl sites for hydroxylation is 1. The van der Waals surface area contributed by atoms with Crippen molar-refractivity contribution in [3.8, 4) is 11.6 Å². The van der Waals surface area contributed by atoms with Gasteiger partial charge in [-0.25, -0.2) is 9.78 Å². The van der Waals surface area contributed by atoms with E-state index in [0.717, 1.165) is 5.56 Å². The number of carbonyl (C=O) groups is 1. The minimum absolute atomic E-state index is 0.187. The van der Waals surface area contributed by atoms with Gasteiger partial charge in [0.05, 0.1) is 18.5 Å². The smallest absolute Gasteiger partial charge is 0.343 e. The number of nitrogens with two attached hydrogens (primary N) is 1. The summed E-state index contributed by atoms with van der Waals surface area (Å²) >= 11 is 0. The van der Waals surface area contributed by atoms with Crippen LogP contribution in [0.15, 0.2) is 36.5 Å². The average molecular weight is 272 g/mol. The first-order valence-corrected chi connectivity index (χ1v) is 6.28. The van der Waals surface area contributed by atoms with Crippen LogP contribution in [0.1, 0.15) is 22.8 Å². The third kappa shape index (κ3) is 3.06. The second-order valence-electron chi connectivity index (χ2n) is 4.21. The molecule has 0 bridgehead atoms. The van der Waals surface area contributed by atoms with Gasteiger partial charge in [-0.2, -0.15) is 0 Å². The summed E-state index contributed by atoms with van der Waals surface area (Å²) in [7, 11) is 0. The second kappa shape index (κ2) is 6.06. The lowest BCUT2D eigenvalue weighted by Crippen LogP contribution is -2.08. The van der Waals surface area contributed by atoms with Crippen molar-refractivity contribution in [1.82, 2.24) is 4.98 Å². The number of hydrogen-bond acceptors (Lipinski definition) is 5. The third-order valence-corrected chi connectivity index (χ3v) is 2.67. The van der Waals surface area contributed by atoms with Crippen LogP contribution in [0.4, 0.5) is 5.69 Å². The van der Waals surface area contributed by atoms with Gasteiger partial charge < -0.3 is 15.2 Å². The van der Waals surface area contributed by atoms with Crippen molar-refractivity contribution in [3.05, 3.63) is 47.7 Å². The molecule has 0 amide bonds. The summed E-state index contributed by atoms with van der Waals surface area (Å²) in [5.41, 5.74) is 7.20. The van der Waals surface area contributed by atoms with Crippen molar-refractivity contribution >= 4 is 11.7 Å². The Morgan fingerprint density at radius 2 is 2.10 bits per heavy atom. The third-order valence-electron chi connectivity index (χ3n) is 2.67. The molecular formula is C15H16N2O3. The highest BCUT2D eigenvalue weighted by Crippen LogP contribution is 2.27. The summed E-state index contributed by atoms with van der Waals surface area (Å²) in [6.07, 6.45) is 1.44. The summed E-state index contributed by atoms with van der Waals surface area (Å²) in [4.78, 5) is 16.0. The molecule has 20 heavy (non-hydrogen) atoms. The summed E-state index contributed by atoms with van der Waals surface area (Å²) < 4.78 is 10.7. The molecule has 0 saturated heterocycles. The Hall–Kier alpha value is -2.56. The normalized spacial score (nSPS) is 10.1. The van der Waals surface area contributed by atoms with Crippen LogP contribution in [0.5, 0.6) is 11.6 Å². The number of nitrogens with zero attached hydrogens (tertiary/aromatic N) is 1. The van der Waals surface area contributed by atoms with Crippen molar-refractivity contribution in [3.63, 3.8) is 0 Å². The van der Waals surface area contributed by atoms with Crippen LogP contribution in [0.2, 0.25) is 0 Å². The largest absolute Gasteiger partial charge is 0.462 e. The molecule has 0 saturated carbocycles. The molecule has 0 radical (unpaired) electrons. The lowest BCUT2D eigenvalue weighted by atomic mass is 10.2. The number of para-hydroxylation sites is 1. The van der Waals surface area contributed by atoms with Crippen molar-refractivity contribution in [2.45, 2.75) is 13.8 Å². The van der Waals surface area contributed by atoms with Gasteiger partial charge in [-0.05, 0) is 31.5 Å². The van der Waals surface area contributed by atoms with E-state index in [4.69, 9.17) is 15.2 Å². The Bertz CT molecular complexity index is 626. The number of esters is 1. The summed E-state index contributed by atoms with van der Waals surface area (Å²) in [5.74, 6) is 0.318. The van der Waals surface area contributed by atoms with Gasteiger partial charge in [-0.3, -0.25) is 0 Å². The standard InChI is InChI=1S/C15H16N2O3/c1-3-19-15(18)12-8-11(16)9-17-14(12)20-13-7-5-4-6-10(13)2/h4-9H,3,16H2,1-2H3. The molecule has 104 valence electrons. The zero-order valence-electron chi connectivity index (χ0n) is 11.4. The van der Waals surface area contributed by atoms with Crippen molar-refractivity contribution in [2.24, 2.45) is 0 Å². The number of carbonyl (C=O) groups excluding carboxylic acids is 1. The van der Waals surface area contributed by atoms with E-state index in [1.54, 1.807) is 6.92 Å². The zero-order chi connectivity index (χ0) is 14.5. The number of rotatable bonds is 4. The predicted molar refractivity (Wildman–Crippen MR) is 75.9 cm³/mol. The van der Waals surface area contributed by atoms with E-state index in [1.165, 1.54) is 12.3 Å². The molecular weight excluding hydrogens is 256 g/mol. The number of nitrogen functional groups attached to an aromatic ring is 1. The molecule has 1 heterocycles. The van der Waals surface area contributed by atoms with Gasteiger partial charge in [0.2, 0.25) is 5.88 Å². The quantitative estimate of drug-likeness (QED) is 0.866. The monoisotopic (exact) mass is 272 g/mol. The highest BCUT2D eigenvalue weighted by atomic mass is 16.5. The lowest BCUT2D eigenvalue weighted by Gasteiger charge is -2.11. The molecule has 0 atom stereocenters. The molecule has 0 aliphatic heterocycles. The number of ether oxygens (including phenoxy) is 2. The van der Waals surface area contributed by atoms with Gasteiger partial charge in [0.15, 0.2) is 0 Å². The summed E-state index contributed by atoms with van der Waals surface area (Å²) in [6, 6.07) is 8.98. The fourth-order valence-electron chi connectivity index (χ4n) is 1.68. The lowest BCUT2D eigenvalue weighted by molar-refractivity contribution is 0.0522. The Kier molecular flexibility index (Phi) is 4.20. The van der Waals surface area contributed by atoms with E-state index < -0.39 is 5.97 Å². The predicted octanol–water partition coefficient (Wildman–Crippen LogP) is 2.94. The molecule has 5 heteroatoms. The Labute approximate surface area is 117 Å². The maximum absolute atomic E-state index is 11.9. The molecule has 5 nitrogen and oxygen atoms in total. The first kappa shape index (κ1) is 13.9. The Morgan fingerprint density at radius 1 is 1.35 bits per heavy atom. The van der Waals surface area contributed by atoms with E-state index in [0.29, 0.717) is 11.4 Å². The van der Waals surface area contributed by atoms with Gasteiger partial charge in [0.1, 0.15) is 11.3 Å². The minimum Gasteiger partial charge on any atom is -0.462 e. The van der Waals surface area contributed by atoms with E-state index in [9.17, 15) is 4.79 Å². The highest BCUT2D eigenvalue weighted by molar-refractivity contribution is 5.92. The Balaban J connectivity index is 2.36. The van der Waals surface area contributed by atoms with Crippen LogP contribution in [0.25, 0.3) is 0 Å². The maximum Gasteiger partial charge on any atom is 0.343 e. The number of pyridine rings is 1. The maximum atomic E-state index is 11.9. The SMILES string of the molecule is CCOC(=O)c1cc(N)cnc1Oc1ccccc1C. The zero-order valence-corrected chi connectivity index (χ0v) is 11.4. The van der Waals surface area contributed by atoms with Crippen LogP contribution < -0.4 is 10.5 Å². The van der Waals surface area contributed by atoms with Crippen LogP contribution in [-0.4, -0.2) is 17.6 Å². The molecule has 1 aromatic carbocycles. The molecule has 0 spiro atoms. The van der Waals surface area contributed by atoms with E-state index in [1.807, 2.05) is 31.2 Å².